The summed E-state index contributed by atoms with van der Waals surface area (Å²) in [4.78, 5) is 26.9. The molecule has 2 aromatic rings. The van der Waals surface area contributed by atoms with E-state index in [2.05, 4.69) is 26.6 Å². The largest absolute Gasteiger partial charge is 0.469 e. The van der Waals surface area contributed by atoms with Crippen molar-refractivity contribution in [2.45, 2.75) is 68.3 Å². The van der Waals surface area contributed by atoms with Crippen molar-refractivity contribution in [3.05, 3.63) is 59.2 Å². The van der Waals surface area contributed by atoms with Gasteiger partial charge < -0.3 is 19.7 Å². The highest BCUT2D eigenvalue weighted by molar-refractivity contribution is 7.89. The number of ether oxygens (including phenoxy) is 2. The van der Waals surface area contributed by atoms with Gasteiger partial charge in [0.15, 0.2) is 0 Å². The average molecular weight is 608 g/mol. The Balaban J connectivity index is 1.17. The fraction of sp³-hybridized carbons (Fsp3) is 0.515. The molecule has 1 saturated heterocycles. The third-order valence-corrected chi connectivity index (χ3v) is 10.2. The first-order valence-corrected chi connectivity index (χ1v) is 16.7. The predicted molar refractivity (Wildman–Crippen MR) is 164 cm³/mol. The minimum Gasteiger partial charge on any atom is -0.469 e. The zero-order valence-corrected chi connectivity index (χ0v) is 25.8. The molecule has 1 amide bonds. The predicted octanol–water partition coefficient (Wildman–Crippen LogP) is 3.71. The molecular formula is C33H41N3O6S. The summed E-state index contributed by atoms with van der Waals surface area (Å²) in [7, 11) is -0.630. The number of benzene rings is 2. The van der Waals surface area contributed by atoms with Gasteiger partial charge >= 0.3 is 5.97 Å². The average Bonchev–Trinajstić information content (AvgIpc) is 3.88. The minimum absolute atomic E-state index is 0.0510. The number of aryl methyl sites for hydroxylation is 1. The highest BCUT2D eigenvalue weighted by Crippen LogP contribution is 2.38. The second-order valence-electron chi connectivity index (χ2n) is 11.7. The van der Waals surface area contributed by atoms with E-state index < -0.39 is 10.0 Å². The van der Waals surface area contributed by atoms with Crippen LogP contribution in [0.3, 0.4) is 0 Å². The van der Waals surface area contributed by atoms with Crippen LogP contribution in [0.15, 0.2) is 47.4 Å². The van der Waals surface area contributed by atoms with Crippen LogP contribution >= 0.6 is 0 Å². The van der Waals surface area contributed by atoms with Gasteiger partial charge in [-0.25, -0.2) is 13.1 Å². The van der Waals surface area contributed by atoms with Crippen LogP contribution in [0.1, 0.15) is 61.6 Å². The van der Waals surface area contributed by atoms with Gasteiger partial charge in [-0.05, 0) is 86.8 Å². The maximum Gasteiger partial charge on any atom is 0.305 e. The molecule has 1 aliphatic heterocycles. The minimum atomic E-state index is -3.75. The summed E-state index contributed by atoms with van der Waals surface area (Å²) in [6.07, 6.45) is 5.91. The molecule has 0 spiro atoms. The number of nitrogens with zero attached hydrogens (tertiary/aromatic N) is 1. The zero-order chi connectivity index (χ0) is 30.4. The van der Waals surface area contributed by atoms with Crippen molar-refractivity contribution in [3.8, 4) is 11.8 Å². The number of methoxy groups -OCH3 is 1. The van der Waals surface area contributed by atoms with Gasteiger partial charge in [0.2, 0.25) is 15.9 Å². The van der Waals surface area contributed by atoms with Crippen LogP contribution in [0.4, 0.5) is 5.69 Å². The molecule has 2 saturated carbocycles. The van der Waals surface area contributed by atoms with Crippen LogP contribution in [-0.4, -0.2) is 71.2 Å². The SMILES string of the molecule is CNc1cc(S(=O)(=O)NC2CCC(C(=O)N3CCOC[C@@H]3C3CC3)CC2)ccc1C#Cc1ccc(CCC(=O)OC)cc1. The van der Waals surface area contributed by atoms with E-state index in [1.807, 2.05) is 29.2 Å². The van der Waals surface area contributed by atoms with Crippen molar-refractivity contribution in [1.29, 1.82) is 0 Å². The van der Waals surface area contributed by atoms with Crippen molar-refractivity contribution in [3.63, 3.8) is 0 Å². The van der Waals surface area contributed by atoms with E-state index in [9.17, 15) is 18.0 Å². The van der Waals surface area contributed by atoms with Crippen LogP contribution in [0.25, 0.3) is 0 Å². The molecule has 2 N–H and O–H groups in total. The number of hydrogen-bond donors (Lipinski definition) is 2. The Bertz CT molecular complexity index is 1470. The number of hydrogen-bond acceptors (Lipinski definition) is 7. The first-order valence-electron chi connectivity index (χ1n) is 15.2. The first kappa shape index (κ1) is 31.0. The topological polar surface area (TPSA) is 114 Å². The van der Waals surface area contributed by atoms with Crippen molar-refractivity contribution in [1.82, 2.24) is 9.62 Å². The Kier molecular flexibility index (Phi) is 10.1. The van der Waals surface area contributed by atoms with Crippen LogP contribution < -0.4 is 10.0 Å². The van der Waals surface area contributed by atoms with Crippen LogP contribution in [0.2, 0.25) is 0 Å². The number of esters is 1. The standard InChI is InChI=1S/C33H41N3O6S/c1-34-30-21-29(17-14-25(30)9-7-23-3-5-24(6-4-23)8-18-32(37)41-2)43(39,40)35-28-15-12-27(13-16-28)33(38)36-19-20-42-22-31(36)26-10-11-26/h3-6,14,17,21,26-28,31,34-35H,8,10-13,15-16,18-20,22H2,1-2H3/t27?,28?,31-/m1/s1. The molecule has 230 valence electrons. The third kappa shape index (κ3) is 7.96. The number of morpholine rings is 1. The maximum absolute atomic E-state index is 13.3. The maximum atomic E-state index is 13.3. The smallest absolute Gasteiger partial charge is 0.305 e. The van der Waals surface area contributed by atoms with Gasteiger partial charge in [-0.3, -0.25) is 9.59 Å². The summed E-state index contributed by atoms with van der Waals surface area (Å²) in [5.74, 6) is 6.75. The van der Waals surface area contributed by atoms with Crippen molar-refractivity contribution in [2.24, 2.45) is 11.8 Å². The second-order valence-corrected chi connectivity index (χ2v) is 13.4. The number of carbonyl (C=O) groups is 2. The van der Waals surface area contributed by atoms with Crippen molar-refractivity contribution >= 4 is 27.6 Å². The quantitative estimate of drug-likeness (QED) is 0.330. The van der Waals surface area contributed by atoms with Gasteiger partial charge in [0.25, 0.3) is 0 Å². The van der Waals surface area contributed by atoms with Gasteiger partial charge in [0.1, 0.15) is 0 Å². The van der Waals surface area contributed by atoms with Gasteiger partial charge in [0, 0.05) is 43.1 Å². The monoisotopic (exact) mass is 607 g/mol. The molecule has 0 unspecified atom stereocenters. The molecule has 3 aliphatic rings. The van der Waals surface area contributed by atoms with Crippen molar-refractivity contribution in [2.75, 3.05) is 39.2 Å². The van der Waals surface area contributed by atoms with E-state index in [0.29, 0.717) is 75.5 Å². The Morgan fingerprint density at radius 2 is 1.77 bits per heavy atom. The summed E-state index contributed by atoms with van der Waals surface area (Å²) < 4.78 is 39.8. The summed E-state index contributed by atoms with van der Waals surface area (Å²) in [6.45, 7) is 1.89. The molecule has 0 bridgehead atoms. The molecule has 3 fully saturated rings. The van der Waals surface area contributed by atoms with Crippen LogP contribution in [0.5, 0.6) is 0 Å². The van der Waals surface area contributed by atoms with Gasteiger partial charge in [-0.1, -0.05) is 24.0 Å². The lowest BCUT2D eigenvalue weighted by atomic mass is 9.85. The number of anilines is 1. The number of nitrogens with one attached hydrogen (secondary N) is 2. The highest BCUT2D eigenvalue weighted by atomic mass is 32.2. The second kappa shape index (κ2) is 13.9. The van der Waals surface area contributed by atoms with Gasteiger partial charge in [-0.2, -0.15) is 0 Å². The molecule has 2 aromatic carbocycles. The van der Waals surface area contributed by atoms with E-state index in [0.717, 1.165) is 11.1 Å². The molecule has 10 heteroatoms. The Labute approximate surface area is 254 Å². The number of sulfonamides is 1. The summed E-state index contributed by atoms with van der Waals surface area (Å²) in [5.41, 5.74) is 3.14. The molecule has 2 aliphatic carbocycles. The molecule has 1 atom stereocenters. The number of amides is 1. The summed E-state index contributed by atoms with van der Waals surface area (Å²) >= 11 is 0. The fourth-order valence-electron chi connectivity index (χ4n) is 6.00. The van der Waals surface area contributed by atoms with E-state index in [1.165, 1.54) is 20.0 Å². The molecule has 1 heterocycles. The molecule has 9 nitrogen and oxygen atoms in total. The summed E-state index contributed by atoms with van der Waals surface area (Å²) in [5, 5.41) is 3.07. The van der Waals surface area contributed by atoms with Crippen LogP contribution in [0, 0.1) is 23.7 Å². The number of rotatable bonds is 9. The van der Waals surface area contributed by atoms with E-state index >= 15 is 0 Å². The Morgan fingerprint density at radius 1 is 1.02 bits per heavy atom. The molecule has 43 heavy (non-hydrogen) atoms. The fourth-order valence-corrected chi connectivity index (χ4v) is 7.33. The summed E-state index contributed by atoms with van der Waals surface area (Å²) in [6, 6.07) is 12.6. The normalized spacial score (nSPS) is 22.3. The molecule has 0 aromatic heterocycles. The lowest BCUT2D eigenvalue weighted by molar-refractivity contribution is -0.146. The Hall–Kier alpha value is -3.39. The third-order valence-electron chi connectivity index (χ3n) is 8.72. The first-order chi connectivity index (χ1) is 20.8. The zero-order valence-electron chi connectivity index (χ0n) is 24.9. The molecule has 0 radical (unpaired) electrons. The van der Waals surface area contributed by atoms with E-state index in [4.69, 9.17) is 4.74 Å². The highest BCUT2D eigenvalue weighted by Gasteiger charge is 2.41. The lowest BCUT2D eigenvalue weighted by Gasteiger charge is -2.39. The van der Waals surface area contributed by atoms with E-state index in [1.54, 1.807) is 25.2 Å². The number of carbonyl (C=O) groups excluding carboxylic acids is 2. The van der Waals surface area contributed by atoms with Gasteiger partial charge in [0.05, 0.1) is 36.9 Å². The molecule has 5 rings (SSSR count). The van der Waals surface area contributed by atoms with Crippen molar-refractivity contribution < 1.29 is 27.5 Å². The van der Waals surface area contributed by atoms with Crippen LogP contribution in [-0.2, 0) is 35.5 Å². The molecular weight excluding hydrogens is 566 g/mol. The lowest BCUT2D eigenvalue weighted by Crippen LogP contribution is -2.52. The van der Waals surface area contributed by atoms with E-state index in [-0.39, 0.29) is 34.8 Å². The van der Waals surface area contributed by atoms with Gasteiger partial charge in [-0.15, -0.1) is 0 Å². The Morgan fingerprint density at radius 3 is 2.44 bits per heavy atom.